The topological polar surface area (TPSA) is 48.9 Å². The highest BCUT2D eigenvalue weighted by atomic mass is 16.2. The second kappa shape index (κ2) is 6.06. The molecule has 0 N–H and O–H groups in total. The number of benzene rings is 4. The number of aromatic nitrogens is 3. The van der Waals surface area contributed by atoms with Crippen LogP contribution in [-0.2, 0) is 7.05 Å². The highest BCUT2D eigenvalue weighted by molar-refractivity contribution is 6.00. The third-order valence-corrected chi connectivity index (χ3v) is 8.34. The molecule has 3 heterocycles. The first kappa shape index (κ1) is 18.3. The van der Waals surface area contributed by atoms with Gasteiger partial charge in [-0.1, -0.05) is 84.9 Å². The molecule has 0 fully saturated rings. The van der Waals surface area contributed by atoms with E-state index in [9.17, 15) is 9.59 Å². The Hall–Kier alpha value is -4.12. The zero-order valence-corrected chi connectivity index (χ0v) is 18.6. The van der Waals surface area contributed by atoms with Gasteiger partial charge in [-0.15, -0.1) is 0 Å². The van der Waals surface area contributed by atoms with Gasteiger partial charge < -0.3 is 0 Å². The molecule has 0 amide bonds. The van der Waals surface area contributed by atoms with Crippen LogP contribution in [0.5, 0.6) is 0 Å². The standard InChI is InChI=1S/C29H21N3O2/c1-30-28(33)31-26-20-12-6-7-13-21(20)27(32(31)29(30)34)25-22-15-14-16-8-2-3-9-17(16)23(22)18-10-4-5-11-19(18)24(25)26/h2-15,24-27H,1H3/t24-,25+,26?,27?/m0/s1. The molecule has 5 nitrogen and oxygen atoms in total. The summed E-state index contributed by atoms with van der Waals surface area (Å²) in [4.78, 5) is 26.7. The molecular formula is C29H21N3O2. The van der Waals surface area contributed by atoms with Crippen molar-refractivity contribution in [1.82, 2.24) is 13.9 Å². The van der Waals surface area contributed by atoms with Crippen molar-refractivity contribution in [2.45, 2.75) is 23.9 Å². The Morgan fingerprint density at radius 3 is 1.85 bits per heavy atom. The van der Waals surface area contributed by atoms with Crippen LogP contribution < -0.4 is 11.4 Å². The third-order valence-electron chi connectivity index (χ3n) is 8.34. The molecule has 0 saturated carbocycles. The molecule has 4 aliphatic rings. The van der Waals surface area contributed by atoms with Crippen LogP contribution in [0.25, 0.3) is 21.9 Å². The van der Waals surface area contributed by atoms with Crippen LogP contribution in [-0.4, -0.2) is 13.9 Å². The summed E-state index contributed by atoms with van der Waals surface area (Å²) in [7, 11) is 1.59. The summed E-state index contributed by atoms with van der Waals surface area (Å²) in [5.41, 5.74) is 6.84. The highest BCUT2D eigenvalue weighted by Crippen LogP contribution is 2.64. The first-order valence-electron chi connectivity index (χ1n) is 11.8. The third kappa shape index (κ3) is 1.94. The lowest BCUT2D eigenvalue weighted by atomic mass is 9.59. The van der Waals surface area contributed by atoms with E-state index in [0.717, 1.165) is 11.1 Å². The van der Waals surface area contributed by atoms with E-state index in [4.69, 9.17) is 0 Å². The summed E-state index contributed by atoms with van der Waals surface area (Å²) in [6.45, 7) is 0. The molecule has 34 heavy (non-hydrogen) atoms. The van der Waals surface area contributed by atoms with Crippen molar-refractivity contribution >= 4 is 10.8 Å². The molecule has 9 rings (SSSR count). The van der Waals surface area contributed by atoms with E-state index in [-0.39, 0.29) is 35.3 Å². The van der Waals surface area contributed by atoms with Crippen LogP contribution in [0.15, 0.2) is 94.5 Å². The van der Waals surface area contributed by atoms with Gasteiger partial charge in [0.05, 0.1) is 12.1 Å². The normalized spacial score (nSPS) is 23.1. The van der Waals surface area contributed by atoms with Gasteiger partial charge in [0.15, 0.2) is 0 Å². The molecule has 5 heteroatoms. The molecule has 5 aromatic rings. The van der Waals surface area contributed by atoms with Crippen molar-refractivity contribution in [3.63, 3.8) is 0 Å². The van der Waals surface area contributed by atoms with E-state index in [1.54, 1.807) is 16.4 Å². The Balaban J connectivity index is 1.57. The maximum atomic E-state index is 13.4. The Bertz CT molecular complexity index is 1800. The summed E-state index contributed by atoms with van der Waals surface area (Å²) in [6, 6.07) is 29.5. The maximum absolute atomic E-state index is 13.4. The van der Waals surface area contributed by atoms with Gasteiger partial charge in [0, 0.05) is 18.9 Å². The van der Waals surface area contributed by atoms with Gasteiger partial charge in [-0.2, -0.15) is 0 Å². The van der Waals surface area contributed by atoms with E-state index in [1.165, 1.54) is 37.6 Å². The van der Waals surface area contributed by atoms with Gasteiger partial charge >= 0.3 is 11.4 Å². The van der Waals surface area contributed by atoms with Crippen molar-refractivity contribution in [3.05, 3.63) is 128 Å². The van der Waals surface area contributed by atoms with E-state index < -0.39 is 0 Å². The number of hydrogen-bond acceptors (Lipinski definition) is 2. The van der Waals surface area contributed by atoms with Crippen molar-refractivity contribution in [2.75, 3.05) is 0 Å². The van der Waals surface area contributed by atoms with Crippen LogP contribution >= 0.6 is 0 Å². The predicted octanol–water partition coefficient (Wildman–Crippen LogP) is 4.56. The summed E-state index contributed by atoms with van der Waals surface area (Å²) >= 11 is 0. The second-order valence-corrected chi connectivity index (χ2v) is 9.72. The van der Waals surface area contributed by atoms with E-state index in [0.29, 0.717) is 0 Å². The van der Waals surface area contributed by atoms with Crippen LogP contribution in [0.2, 0.25) is 0 Å². The molecule has 0 radical (unpaired) electrons. The number of fused-ring (bicyclic) bond motifs is 5. The quantitative estimate of drug-likeness (QED) is 0.352. The first-order valence-corrected chi connectivity index (χ1v) is 11.8. The second-order valence-electron chi connectivity index (χ2n) is 9.72. The lowest BCUT2D eigenvalue weighted by Gasteiger charge is -2.53. The Labute approximate surface area is 195 Å². The molecule has 4 aromatic carbocycles. The average Bonchev–Trinajstić information content (AvgIpc) is 3.12. The smallest absolute Gasteiger partial charge is 0.246 e. The summed E-state index contributed by atoms with van der Waals surface area (Å²) in [5.74, 6) is 0.137. The van der Waals surface area contributed by atoms with Gasteiger partial charge in [-0.25, -0.2) is 23.5 Å². The van der Waals surface area contributed by atoms with E-state index >= 15 is 0 Å². The molecule has 2 aliphatic heterocycles. The van der Waals surface area contributed by atoms with Gasteiger partial charge in [-0.3, -0.25) is 0 Å². The van der Waals surface area contributed by atoms with Crippen LogP contribution in [0, 0.1) is 0 Å². The molecule has 0 saturated heterocycles. The Kier molecular flexibility index (Phi) is 3.26. The maximum Gasteiger partial charge on any atom is 0.347 e. The zero-order chi connectivity index (χ0) is 22.7. The SMILES string of the molecule is Cn1c(=O)n2n(c1=O)C1c3ccccc3C2[C@H]2c3ccccc3-c3c(ccc4ccccc34)[C@@H]12. The van der Waals surface area contributed by atoms with Gasteiger partial charge in [0.2, 0.25) is 0 Å². The highest BCUT2D eigenvalue weighted by Gasteiger charge is 2.55. The zero-order valence-electron chi connectivity index (χ0n) is 18.6. The summed E-state index contributed by atoms with van der Waals surface area (Å²) in [6.07, 6.45) is 0. The first-order chi connectivity index (χ1) is 16.7. The molecule has 4 atom stereocenters. The van der Waals surface area contributed by atoms with Crippen LogP contribution in [0.3, 0.4) is 0 Å². The molecule has 0 spiro atoms. The average molecular weight is 444 g/mol. The fourth-order valence-electron chi connectivity index (χ4n) is 7.09. The minimum Gasteiger partial charge on any atom is -0.246 e. The molecular weight excluding hydrogens is 422 g/mol. The monoisotopic (exact) mass is 443 g/mol. The fraction of sp³-hybridized carbons (Fsp3) is 0.172. The van der Waals surface area contributed by atoms with Crippen molar-refractivity contribution in [3.8, 4) is 11.1 Å². The minimum absolute atomic E-state index is 0.0638. The van der Waals surface area contributed by atoms with Gasteiger partial charge in [0.1, 0.15) is 0 Å². The molecule has 164 valence electrons. The van der Waals surface area contributed by atoms with E-state index in [1.807, 2.05) is 12.1 Å². The number of rotatable bonds is 0. The lowest BCUT2D eigenvalue weighted by molar-refractivity contribution is 0.174. The van der Waals surface area contributed by atoms with Gasteiger partial charge in [-0.05, 0) is 44.2 Å². The molecule has 1 aromatic heterocycles. The van der Waals surface area contributed by atoms with Gasteiger partial charge in [0.25, 0.3) is 0 Å². The van der Waals surface area contributed by atoms with E-state index in [2.05, 4.69) is 72.8 Å². The molecule has 2 aliphatic carbocycles. The van der Waals surface area contributed by atoms with Crippen LogP contribution in [0.1, 0.15) is 46.2 Å². The lowest BCUT2D eigenvalue weighted by Crippen LogP contribution is -2.51. The van der Waals surface area contributed by atoms with Crippen molar-refractivity contribution in [2.24, 2.45) is 7.05 Å². The predicted molar refractivity (Wildman–Crippen MR) is 132 cm³/mol. The fourth-order valence-corrected chi connectivity index (χ4v) is 7.09. The van der Waals surface area contributed by atoms with Crippen molar-refractivity contribution < 1.29 is 0 Å². The molecule has 2 bridgehead atoms. The Morgan fingerprint density at radius 1 is 0.588 bits per heavy atom. The minimum atomic E-state index is -0.242. The Morgan fingerprint density at radius 2 is 1.15 bits per heavy atom. The summed E-state index contributed by atoms with van der Waals surface area (Å²) < 4.78 is 4.74. The van der Waals surface area contributed by atoms with Crippen LogP contribution in [0.4, 0.5) is 0 Å². The summed E-state index contributed by atoms with van der Waals surface area (Å²) in [5, 5.41) is 2.45. The molecule has 2 unspecified atom stereocenters. The number of hydrogen-bond donors (Lipinski definition) is 0. The number of nitrogens with zero attached hydrogens (tertiary/aromatic N) is 3. The largest absolute Gasteiger partial charge is 0.347 e. The van der Waals surface area contributed by atoms with Crippen molar-refractivity contribution in [1.29, 1.82) is 0 Å².